The Balaban J connectivity index is 2.34. The van der Waals surface area contributed by atoms with E-state index in [1.54, 1.807) is 11.3 Å². The van der Waals surface area contributed by atoms with E-state index in [0.29, 0.717) is 13.0 Å². The second kappa shape index (κ2) is 6.57. The van der Waals surface area contributed by atoms with Gasteiger partial charge in [-0.25, -0.2) is 10.8 Å². The number of thiazole rings is 1. The van der Waals surface area contributed by atoms with Crippen LogP contribution in [0.1, 0.15) is 23.9 Å². The van der Waals surface area contributed by atoms with Crippen LogP contribution in [0.3, 0.4) is 0 Å². The zero-order chi connectivity index (χ0) is 12.0. The SMILES string of the molecule is CCC(OCCc1scnc1C)C(=O)NN. The summed E-state index contributed by atoms with van der Waals surface area (Å²) in [5.74, 6) is 4.78. The van der Waals surface area contributed by atoms with E-state index in [1.807, 2.05) is 19.4 Å². The summed E-state index contributed by atoms with van der Waals surface area (Å²) >= 11 is 1.61. The van der Waals surface area contributed by atoms with Crippen LogP contribution in [0.4, 0.5) is 0 Å². The van der Waals surface area contributed by atoms with E-state index >= 15 is 0 Å². The van der Waals surface area contributed by atoms with Crippen LogP contribution in [0, 0.1) is 6.92 Å². The van der Waals surface area contributed by atoms with Crippen molar-refractivity contribution in [3.05, 3.63) is 16.1 Å². The van der Waals surface area contributed by atoms with Gasteiger partial charge >= 0.3 is 0 Å². The third-order valence-electron chi connectivity index (χ3n) is 2.30. The van der Waals surface area contributed by atoms with Gasteiger partial charge in [0.2, 0.25) is 0 Å². The number of carbonyl (C=O) groups excluding carboxylic acids is 1. The van der Waals surface area contributed by atoms with Crippen molar-refractivity contribution in [2.45, 2.75) is 32.8 Å². The Morgan fingerprint density at radius 1 is 1.75 bits per heavy atom. The molecule has 0 aliphatic heterocycles. The summed E-state index contributed by atoms with van der Waals surface area (Å²) in [5, 5.41) is 0. The number of rotatable bonds is 6. The van der Waals surface area contributed by atoms with Crippen LogP contribution in [-0.2, 0) is 16.0 Å². The van der Waals surface area contributed by atoms with Gasteiger partial charge in [0.1, 0.15) is 6.10 Å². The topological polar surface area (TPSA) is 77.2 Å². The smallest absolute Gasteiger partial charge is 0.262 e. The average Bonchev–Trinajstić information content (AvgIpc) is 2.69. The highest BCUT2D eigenvalue weighted by Gasteiger charge is 2.15. The van der Waals surface area contributed by atoms with Crippen LogP contribution in [0.15, 0.2) is 5.51 Å². The Kier molecular flexibility index (Phi) is 5.37. The highest BCUT2D eigenvalue weighted by atomic mass is 32.1. The molecule has 0 aliphatic carbocycles. The standard InChI is InChI=1S/C10H17N3O2S/c1-3-8(10(14)13-11)15-5-4-9-7(2)12-6-16-9/h6,8H,3-5,11H2,1-2H3,(H,13,14). The Morgan fingerprint density at radius 3 is 3.00 bits per heavy atom. The Morgan fingerprint density at radius 2 is 2.50 bits per heavy atom. The third-order valence-corrected chi connectivity index (χ3v) is 3.29. The van der Waals surface area contributed by atoms with E-state index in [2.05, 4.69) is 10.4 Å². The molecule has 0 aliphatic rings. The molecule has 0 fully saturated rings. The van der Waals surface area contributed by atoms with Crippen molar-refractivity contribution in [2.75, 3.05) is 6.61 Å². The summed E-state index contributed by atoms with van der Waals surface area (Å²) in [4.78, 5) is 16.6. The zero-order valence-electron chi connectivity index (χ0n) is 9.53. The Hall–Kier alpha value is -0.980. The molecule has 6 heteroatoms. The molecule has 1 rings (SSSR count). The number of nitrogens with two attached hydrogens (primary N) is 1. The molecule has 0 saturated carbocycles. The molecular weight excluding hydrogens is 226 g/mol. The number of ether oxygens (including phenoxy) is 1. The maximum absolute atomic E-state index is 11.2. The van der Waals surface area contributed by atoms with Crippen molar-refractivity contribution in [1.29, 1.82) is 0 Å². The van der Waals surface area contributed by atoms with Gasteiger partial charge in [0.15, 0.2) is 0 Å². The van der Waals surface area contributed by atoms with Gasteiger partial charge in [-0.3, -0.25) is 10.2 Å². The molecule has 0 spiro atoms. The van der Waals surface area contributed by atoms with Crippen molar-refractivity contribution in [3.8, 4) is 0 Å². The lowest BCUT2D eigenvalue weighted by Gasteiger charge is -2.13. The fraction of sp³-hybridized carbons (Fsp3) is 0.600. The molecular formula is C10H17N3O2S. The molecule has 1 atom stereocenters. The first-order valence-electron chi connectivity index (χ1n) is 5.20. The van der Waals surface area contributed by atoms with Gasteiger partial charge in [-0.1, -0.05) is 6.92 Å². The Labute approximate surface area is 99.0 Å². The van der Waals surface area contributed by atoms with Crippen LogP contribution in [0.2, 0.25) is 0 Å². The molecule has 1 unspecified atom stereocenters. The first kappa shape index (κ1) is 13.1. The van der Waals surface area contributed by atoms with E-state index in [1.165, 1.54) is 4.88 Å². The molecule has 1 aromatic rings. The third kappa shape index (κ3) is 3.55. The van der Waals surface area contributed by atoms with Gasteiger partial charge in [-0.05, 0) is 13.3 Å². The monoisotopic (exact) mass is 243 g/mol. The van der Waals surface area contributed by atoms with Crippen molar-refractivity contribution in [1.82, 2.24) is 10.4 Å². The van der Waals surface area contributed by atoms with Crippen LogP contribution in [0.25, 0.3) is 0 Å². The molecule has 1 amide bonds. The highest BCUT2D eigenvalue weighted by molar-refractivity contribution is 7.09. The number of carbonyl (C=O) groups is 1. The molecule has 3 N–H and O–H groups in total. The molecule has 0 radical (unpaired) electrons. The van der Waals surface area contributed by atoms with Gasteiger partial charge in [-0.15, -0.1) is 11.3 Å². The lowest BCUT2D eigenvalue weighted by molar-refractivity contribution is -0.133. The van der Waals surface area contributed by atoms with Crippen LogP contribution in [0.5, 0.6) is 0 Å². The number of hydrazine groups is 1. The van der Waals surface area contributed by atoms with E-state index in [-0.39, 0.29) is 5.91 Å². The van der Waals surface area contributed by atoms with Crippen molar-refractivity contribution < 1.29 is 9.53 Å². The lowest BCUT2D eigenvalue weighted by atomic mass is 10.2. The Bertz CT molecular complexity index is 341. The molecule has 1 heterocycles. The predicted octanol–water partition coefficient (Wildman–Crippen LogP) is 0.779. The number of aryl methyl sites for hydroxylation is 1. The molecule has 16 heavy (non-hydrogen) atoms. The molecule has 0 saturated heterocycles. The minimum Gasteiger partial charge on any atom is -0.368 e. The van der Waals surface area contributed by atoms with Crippen LogP contribution in [-0.4, -0.2) is 23.6 Å². The maximum Gasteiger partial charge on any atom is 0.262 e. The first-order chi connectivity index (χ1) is 7.69. The quantitative estimate of drug-likeness (QED) is 0.440. The van der Waals surface area contributed by atoms with Gasteiger partial charge in [0.05, 0.1) is 17.8 Å². The fourth-order valence-corrected chi connectivity index (χ4v) is 2.09. The number of amides is 1. The van der Waals surface area contributed by atoms with Crippen molar-refractivity contribution in [2.24, 2.45) is 5.84 Å². The minimum absolute atomic E-state index is 0.275. The summed E-state index contributed by atoms with van der Waals surface area (Å²) in [5.41, 5.74) is 4.94. The molecule has 5 nitrogen and oxygen atoms in total. The molecule has 0 bridgehead atoms. The zero-order valence-corrected chi connectivity index (χ0v) is 10.3. The fourth-order valence-electron chi connectivity index (χ4n) is 1.33. The first-order valence-corrected chi connectivity index (χ1v) is 6.08. The molecule has 0 aromatic carbocycles. The summed E-state index contributed by atoms with van der Waals surface area (Å²) < 4.78 is 5.46. The van der Waals surface area contributed by atoms with E-state index < -0.39 is 6.10 Å². The van der Waals surface area contributed by atoms with E-state index in [4.69, 9.17) is 10.6 Å². The second-order valence-electron chi connectivity index (χ2n) is 3.39. The van der Waals surface area contributed by atoms with Crippen molar-refractivity contribution >= 4 is 17.2 Å². The van der Waals surface area contributed by atoms with Crippen molar-refractivity contribution in [3.63, 3.8) is 0 Å². The number of nitrogens with one attached hydrogen (secondary N) is 1. The van der Waals surface area contributed by atoms with E-state index in [9.17, 15) is 4.79 Å². The normalized spacial score (nSPS) is 12.4. The summed E-state index contributed by atoms with van der Waals surface area (Å²) in [6, 6.07) is 0. The van der Waals surface area contributed by atoms with Gasteiger partial charge < -0.3 is 4.74 Å². The number of aromatic nitrogens is 1. The number of hydrogen-bond acceptors (Lipinski definition) is 5. The predicted molar refractivity (Wildman–Crippen MR) is 62.9 cm³/mol. The maximum atomic E-state index is 11.2. The van der Waals surface area contributed by atoms with Gasteiger partial charge in [0, 0.05) is 11.3 Å². The second-order valence-corrected chi connectivity index (χ2v) is 4.33. The summed E-state index contributed by atoms with van der Waals surface area (Å²) in [6.45, 7) is 4.36. The van der Waals surface area contributed by atoms with Gasteiger partial charge in [-0.2, -0.15) is 0 Å². The summed E-state index contributed by atoms with van der Waals surface area (Å²) in [6.07, 6.45) is 0.938. The largest absolute Gasteiger partial charge is 0.368 e. The summed E-state index contributed by atoms with van der Waals surface area (Å²) in [7, 11) is 0. The number of hydrogen-bond donors (Lipinski definition) is 2. The highest BCUT2D eigenvalue weighted by Crippen LogP contribution is 2.13. The molecule has 1 aromatic heterocycles. The lowest BCUT2D eigenvalue weighted by Crippen LogP contribution is -2.40. The average molecular weight is 243 g/mol. The van der Waals surface area contributed by atoms with Crippen LogP contribution >= 0.6 is 11.3 Å². The molecule has 90 valence electrons. The van der Waals surface area contributed by atoms with Crippen LogP contribution < -0.4 is 11.3 Å². The number of nitrogens with zero attached hydrogens (tertiary/aromatic N) is 1. The van der Waals surface area contributed by atoms with Gasteiger partial charge in [0.25, 0.3) is 5.91 Å². The minimum atomic E-state index is -0.460. The van der Waals surface area contributed by atoms with E-state index in [0.717, 1.165) is 12.1 Å².